The summed E-state index contributed by atoms with van der Waals surface area (Å²) < 4.78 is 16.4. The molecule has 2 N–H and O–H groups in total. The fourth-order valence-electron chi connectivity index (χ4n) is 3.12. The lowest BCUT2D eigenvalue weighted by atomic mass is 10.1. The van der Waals surface area contributed by atoms with E-state index in [1.807, 2.05) is 12.1 Å². The molecule has 158 valence electrons. The van der Waals surface area contributed by atoms with E-state index in [2.05, 4.69) is 21.0 Å². The zero-order chi connectivity index (χ0) is 22.1. The third kappa shape index (κ3) is 3.93. The molecule has 0 unspecified atom stereocenters. The molecule has 0 bridgehead atoms. The predicted octanol–water partition coefficient (Wildman–Crippen LogP) is 4.93. The predicted molar refractivity (Wildman–Crippen MR) is 119 cm³/mol. The third-order valence-electron chi connectivity index (χ3n) is 4.67. The van der Waals surface area contributed by atoms with Gasteiger partial charge in [0.05, 0.1) is 11.4 Å². The number of thioether (sulfide) groups is 1. The molecule has 10 heteroatoms. The molecule has 8 nitrogen and oxygen atoms in total. The van der Waals surface area contributed by atoms with Crippen molar-refractivity contribution in [3.05, 3.63) is 65.0 Å². The molecule has 2 aromatic heterocycles. The van der Waals surface area contributed by atoms with Crippen molar-refractivity contribution in [1.82, 2.24) is 15.0 Å². The van der Waals surface area contributed by atoms with Crippen molar-refractivity contribution >= 4 is 29.2 Å². The van der Waals surface area contributed by atoms with Crippen LogP contribution in [0, 0.1) is 11.3 Å². The molecule has 1 aliphatic heterocycles. The molecule has 5 rings (SSSR count). The van der Waals surface area contributed by atoms with E-state index in [0.717, 1.165) is 11.3 Å². The quantitative estimate of drug-likeness (QED) is 0.324. The van der Waals surface area contributed by atoms with Crippen molar-refractivity contribution in [1.29, 1.82) is 5.26 Å². The Morgan fingerprint density at radius 1 is 1.03 bits per heavy atom. The number of nitriles is 1. The molecule has 0 radical (unpaired) electrons. The lowest BCUT2D eigenvalue weighted by Gasteiger charge is -2.09. The van der Waals surface area contributed by atoms with E-state index in [1.165, 1.54) is 11.8 Å². The topological polar surface area (TPSA) is 120 Å². The van der Waals surface area contributed by atoms with E-state index in [1.54, 1.807) is 36.6 Å². The zero-order valence-electron chi connectivity index (χ0n) is 16.4. The fraction of sp³-hybridized carbons (Fsp3) is 0.0909. The average molecular weight is 464 g/mol. The summed E-state index contributed by atoms with van der Waals surface area (Å²) >= 11 is 7.27. The van der Waals surface area contributed by atoms with Gasteiger partial charge in [0.1, 0.15) is 23.7 Å². The number of fused-ring (bicyclic) bond motifs is 1. The lowest BCUT2D eigenvalue weighted by Crippen LogP contribution is -2.02. The minimum Gasteiger partial charge on any atom is -0.454 e. The molecule has 0 spiro atoms. The Bertz CT molecular complexity index is 1350. The summed E-state index contributed by atoms with van der Waals surface area (Å²) in [4.78, 5) is 13.3. The maximum Gasteiger partial charge on any atom is 0.231 e. The molecule has 4 aromatic rings. The Kier molecular flexibility index (Phi) is 5.31. The second-order valence-corrected chi connectivity index (χ2v) is 8.11. The van der Waals surface area contributed by atoms with Crippen LogP contribution in [0.3, 0.4) is 0 Å². The number of benzene rings is 2. The second-order valence-electron chi connectivity index (χ2n) is 6.73. The Morgan fingerprint density at radius 3 is 2.62 bits per heavy atom. The summed E-state index contributed by atoms with van der Waals surface area (Å²) in [5.41, 5.74) is 8.93. The SMILES string of the molecule is N#Cc1c(N)nc(SCc2coc(-c3ccc(Cl)cc3)n2)nc1-c1ccc2c(c1)OCO2. The first kappa shape index (κ1) is 20.2. The van der Waals surface area contributed by atoms with Crippen molar-refractivity contribution in [2.24, 2.45) is 0 Å². The molecular formula is C22H14ClN5O3S. The molecule has 0 amide bonds. The lowest BCUT2D eigenvalue weighted by molar-refractivity contribution is 0.174. The number of anilines is 1. The summed E-state index contributed by atoms with van der Waals surface area (Å²) in [6, 6.07) is 14.7. The van der Waals surface area contributed by atoms with Gasteiger partial charge >= 0.3 is 0 Å². The van der Waals surface area contributed by atoms with Gasteiger partial charge in [-0.05, 0) is 42.5 Å². The number of hydrogen-bond acceptors (Lipinski definition) is 9. The van der Waals surface area contributed by atoms with Crippen LogP contribution in [-0.2, 0) is 5.75 Å². The van der Waals surface area contributed by atoms with E-state index < -0.39 is 0 Å². The molecular weight excluding hydrogens is 450 g/mol. The van der Waals surface area contributed by atoms with E-state index in [0.29, 0.717) is 44.6 Å². The molecule has 1 aliphatic rings. The monoisotopic (exact) mass is 463 g/mol. The largest absolute Gasteiger partial charge is 0.454 e. The van der Waals surface area contributed by atoms with Crippen molar-refractivity contribution in [3.8, 4) is 40.3 Å². The number of nitrogens with two attached hydrogens (primary N) is 1. The Labute approximate surface area is 192 Å². The van der Waals surface area contributed by atoms with E-state index >= 15 is 0 Å². The smallest absolute Gasteiger partial charge is 0.231 e. The molecule has 32 heavy (non-hydrogen) atoms. The maximum atomic E-state index is 9.58. The van der Waals surface area contributed by atoms with Gasteiger partial charge in [0.2, 0.25) is 12.7 Å². The first-order chi connectivity index (χ1) is 15.6. The molecule has 0 aliphatic carbocycles. The molecule has 3 heterocycles. The molecule has 0 atom stereocenters. The number of nitrogens with zero attached hydrogens (tertiary/aromatic N) is 4. The Morgan fingerprint density at radius 2 is 1.81 bits per heavy atom. The van der Waals surface area contributed by atoms with Gasteiger partial charge in [-0.1, -0.05) is 23.4 Å². The highest BCUT2D eigenvalue weighted by Gasteiger charge is 2.19. The standard InChI is InChI=1S/C22H14ClN5O3S/c23-14-4-1-12(2-5-14)21-26-15(9-29-21)10-32-22-27-19(16(8-24)20(25)28-22)13-3-6-17-18(7-13)31-11-30-17/h1-7,9H,10-11H2,(H2,25,27,28). The van der Waals surface area contributed by atoms with Crippen LogP contribution < -0.4 is 15.2 Å². The maximum absolute atomic E-state index is 9.58. The van der Waals surface area contributed by atoms with Crippen LogP contribution in [0.2, 0.25) is 5.02 Å². The summed E-state index contributed by atoms with van der Waals surface area (Å²) in [5.74, 6) is 2.31. The van der Waals surface area contributed by atoms with Crippen LogP contribution in [0.25, 0.3) is 22.7 Å². The van der Waals surface area contributed by atoms with Crippen molar-refractivity contribution in [2.45, 2.75) is 10.9 Å². The molecule has 2 aromatic carbocycles. The summed E-state index contributed by atoms with van der Waals surface area (Å²) in [6.45, 7) is 0.159. The number of ether oxygens (including phenoxy) is 2. The third-order valence-corrected chi connectivity index (χ3v) is 5.80. The van der Waals surface area contributed by atoms with Gasteiger partial charge in [-0.15, -0.1) is 0 Å². The molecule has 0 fully saturated rings. The number of halogens is 1. The van der Waals surface area contributed by atoms with Crippen LogP contribution in [0.4, 0.5) is 5.82 Å². The summed E-state index contributed by atoms with van der Waals surface area (Å²) in [7, 11) is 0. The van der Waals surface area contributed by atoms with Crippen molar-refractivity contribution in [3.63, 3.8) is 0 Å². The van der Waals surface area contributed by atoms with Crippen LogP contribution in [0.15, 0.2) is 58.3 Å². The highest BCUT2D eigenvalue weighted by atomic mass is 35.5. The highest BCUT2D eigenvalue weighted by Crippen LogP contribution is 2.37. The van der Waals surface area contributed by atoms with Crippen molar-refractivity contribution < 1.29 is 13.9 Å². The van der Waals surface area contributed by atoms with Gasteiger partial charge in [0.15, 0.2) is 16.7 Å². The van der Waals surface area contributed by atoms with E-state index in [9.17, 15) is 5.26 Å². The summed E-state index contributed by atoms with van der Waals surface area (Å²) in [5, 5.41) is 10.6. The average Bonchev–Trinajstić information content (AvgIpc) is 3.47. The van der Waals surface area contributed by atoms with Crippen LogP contribution >= 0.6 is 23.4 Å². The summed E-state index contributed by atoms with van der Waals surface area (Å²) in [6.07, 6.45) is 1.59. The highest BCUT2D eigenvalue weighted by molar-refractivity contribution is 7.98. The van der Waals surface area contributed by atoms with E-state index in [-0.39, 0.29) is 18.2 Å². The number of oxazole rings is 1. The Balaban J connectivity index is 1.39. The van der Waals surface area contributed by atoms with Gasteiger partial charge in [-0.25, -0.2) is 15.0 Å². The number of nitrogen functional groups attached to an aromatic ring is 1. The minimum atomic E-state index is 0.111. The van der Waals surface area contributed by atoms with Gasteiger partial charge in [-0.3, -0.25) is 0 Å². The van der Waals surface area contributed by atoms with Gasteiger partial charge in [0.25, 0.3) is 0 Å². The normalized spacial score (nSPS) is 12.0. The van der Waals surface area contributed by atoms with Gasteiger partial charge in [0, 0.05) is 21.9 Å². The first-order valence-electron chi connectivity index (χ1n) is 9.41. The molecule has 0 saturated heterocycles. The van der Waals surface area contributed by atoms with Crippen LogP contribution in [0.1, 0.15) is 11.3 Å². The first-order valence-corrected chi connectivity index (χ1v) is 10.8. The fourth-order valence-corrected chi connectivity index (χ4v) is 3.98. The van der Waals surface area contributed by atoms with Crippen LogP contribution in [0.5, 0.6) is 11.5 Å². The second kappa shape index (κ2) is 8.42. The van der Waals surface area contributed by atoms with Gasteiger partial charge in [-0.2, -0.15) is 5.26 Å². The zero-order valence-corrected chi connectivity index (χ0v) is 18.0. The van der Waals surface area contributed by atoms with Gasteiger partial charge < -0.3 is 19.6 Å². The van der Waals surface area contributed by atoms with Crippen molar-refractivity contribution in [2.75, 3.05) is 12.5 Å². The Hall–Kier alpha value is -3.74. The minimum absolute atomic E-state index is 0.111. The number of hydrogen-bond donors (Lipinski definition) is 1. The molecule has 0 saturated carbocycles. The van der Waals surface area contributed by atoms with Crippen LogP contribution in [-0.4, -0.2) is 21.7 Å². The number of aromatic nitrogens is 3. The van der Waals surface area contributed by atoms with E-state index in [4.69, 9.17) is 31.2 Å². The number of rotatable bonds is 5.